The van der Waals surface area contributed by atoms with Crippen molar-refractivity contribution in [2.75, 3.05) is 14.2 Å². The summed E-state index contributed by atoms with van der Waals surface area (Å²) in [6, 6.07) is 21.6. The van der Waals surface area contributed by atoms with E-state index < -0.39 is 0 Å². The number of aromatic hydroxyl groups is 1. The molecule has 0 aliphatic carbocycles. The van der Waals surface area contributed by atoms with Crippen molar-refractivity contribution in [2.24, 2.45) is 0 Å². The summed E-state index contributed by atoms with van der Waals surface area (Å²) in [5, 5.41) is 14.0. The molecule has 0 atom stereocenters. The first-order chi connectivity index (χ1) is 12.2. The average Bonchev–Trinajstić information content (AvgIpc) is 2.66. The third-order valence-electron chi connectivity index (χ3n) is 4.57. The number of fused-ring (bicyclic) bond motifs is 2. The molecule has 124 valence electrons. The van der Waals surface area contributed by atoms with Gasteiger partial charge in [0.25, 0.3) is 0 Å². The predicted molar refractivity (Wildman–Crippen MR) is 102 cm³/mol. The minimum absolute atomic E-state index is 0.287. The Labute approximate surface area is 146 Å². The first-order valence-electron chi connectivity index (χ1n) is 8.09. The predicted octanol–water partition coefficient (Wildman–Crippen LogP) is 5.38. The van der Waals surface area contributed by atoms with Gasteiger partial charge in [0.1, 0.15) is 17.2 Å². The van der Waals surface area contributed by atoms with E-state index in [4.69, 9.17) is 9.47 Å². The lowest BCUT2D eigenvalue weighted by Crippen LogP contribution is -1.91. The zero-order chi connectivity index (χ0) is 17.4. The monoisotopic (exact) mass is 330 g/mol. The maximum absolute atomic E-state index is 10.2. The van der Waals surface area contributed by atoms with Crippen LogP contribution >= 0.6 is 0 Å². The number of ether oxygens (including phenoxy) is 2. The van der Waals surface area contributed by atoms with Crippen LogP contribution in [0.15, 0.2) is 66.7 Å². The Balaban J connectivity index is 2.03. The van der Waals surface area contributed by atoms with Gasteiger partial charge in [-0.25, -0.2) is 0 Å². The molecule has 4 aromatic rings. The van der Waals surface area contributed by atoms with Crippen molar-refractivity contribution in [3.63, 3.8) is 0 Å². The molecule has 0 amide bonds. The second-order valence-electron chi connectivity index (χ2n) is 5.91. The molecule has 0 heterocycles. The number of methoxy groups -OCH3 is 2. The van der Waals surface area contributed by atoms with E-state index in [1.165, 1.54) is 0 Å². The largest absolute Gasteiger partial charge is 0.507 e. The molecule has 0 saturated heterocycles. The Morgan fingerprint density at radius 1 is 0.720 bits per heavy atom. The summed E-state index contributed by atoms with van der Waals surface area (Å²) in [5.41, 5.74) is 2.11. The molecule has 0 aliphatic heterocycles. The zero-order valence-electron chi connectivity index (χ0n) is 14.1. The number of phenols is 1. The number of rotatable bonds is 3. The molecule has 4 aromatic carbocycles. The van der Waals surface area contributed by atoms with E-state index in [0.29, 0.717) is 0 Å². The first kappa shape index (κ1) is 15.3. The van der Waals surface area contributed by atoms with Crippen molar-refractivity contribution >= 4 is 21.5 Å². The lowest BCUT2D eigenvalue weighted by atomic mass is 9.95. The summed E-state index contributed by atoms with van der Waals surface area (Å²) in [5.74, 6) is 1.84. The highest BCUT2D eigenvalue weighted by atomic mass is 16.5. The molecule has 0 aromatic heterocycles. The smallest absolute Gasteiger partial charge is 0.130 e. The van der Waals surface area contributed by atoms with Crippen molar-refractivity contribution in [3.05, 3.63) is 66.7 Å². The van der Waals surface area contributed by atoms with Crippen molar-refractivity contribution in [1.29, 1.82) is 0 Å². The van der Waals surface area contributed by atoms with Crippen molar-refractivity contribution in [1.82, 2.24) is 0 Å². The van der Waals surface area contributed by atoms with Gasteiger partial charge in [-0.15, -0.1) is 0 Å². The normalized spacial score (nSPS) is 11.0. The molecular weight excluding hydrogens is 312 g/mol. The minimum Gasteiger partial charge on any atom is -0.507 e. The fourth-order valence-electron chi connectivity index (χ4n) is 3.36. The quantitative estimate of drug-likeness (QED) is 0.548. The number of benzene rings is 4. The summed E-state index contributed by atoms with van der Waals surface area (Å²) < 4.78 is 11.1. The van der Waals surface area contributed by atoms with Crippen molar-refractivity contribution < 1.29 is 14.6 Å². The van der Waals surface area contributed by atoms with Crippen LogP contribution in [0.5, 0.6) is 17.2 Å². The molecule has 0 unspecified atom stereocenters. The Bertz CT molecular complexity index is 1070. The van der Waals surface area contributed by atoms with Gasteiger partial charge in [0.05, 0.1) is 19.6 Å². The van der Waals surface area contributed by atoms with E-state index in [0.717, 1.165) is 44.2 Å². The first-order valence-corrected chi connectivity index (χ1v) is 8.09. The maximum atomic E-state index is 10.2. The maximum Gasteiger partial charge on any atom is 0.130 e. The molecule has 25 heavy (non-hydrogen) atoms. The molecule has 3 nitrogen and oxygen atoms in total. The van der Waals surface area contributed by atoms with Gasteiger partial charge in [0.2, 0.25) is 0 Å². The third-order valence-corrected chi connectivity index (χ3v) is 4.57. The highest BCUT2D eigenvalue weighted by Gasteiger charge is 2.13. The van der Waals surface area contributed by atoms with Gasteiger partial charge in [0.15, 0.2) is 0 Å². The van der Waals surface area contributed by atoms with E-state index in [2.05, 4.69) is 12.1 Å². The molecule has 0 radical (unpaired) electrons. The topological polar surface area (TPSA) is 38.7 Å². The molecule has 0 saturated carbocycles. The van der Waals surface area contributed by atoms with E-state index >= 15 is 0 Å². The van der Waals surface area contributed by atoms with Gasteiger partial charge in [-0.05, 0) is 46.2 Å². The fraction of sp³-hybridized carbons (Fsp3) is 0.0909. The molecule has 4 rings (SSSR count). The lowest BCUT2D eigenvalue weighted by molar-refractivity contribution is 0.405. The van der Waals surface area contributed by atoms with Crippen LogP contribution in [0.1, 0.15) is 0 Å². The molecule has 0 aliphatic rings. The van der Waals surface area contributed by atoms with Gasteiger partial charge in [-0.3, -0.25) is 0 Å². The van der Waals surface area contributed by atoms with Crippen LogP contribution in [0.25, 0.3) is 32.7 Å². The van der Waals surface area contributed by atoms with Gasteiger partial charge in [-0.1, -0.05) is 42.5 Å². The van der Waals surface area contributed by atoms with Crippen LogP contribution in [-0.2, 0) is 0 Å². The van der Waals surface area contributed by atoms with Crippen LogP contribution in [0.2, 0.25) is 0 Å². The highest BCUT2D eigenvalue weighted by Crippen LogP contribution is 2.40. The van der Waals surface area contributed by atoms with E-state index in [9.17, 15) is 5.11 Å². The number of hydrogen-bond acceptors (Lipinski definition) is 3. The van der Waals surface area contributed by atoms with E-state index in [1.807, 2.05) is 48.5 Å². The summed E-state index contributed by atoms with van der Waals surface area (Å²) in [6.45, 7) is 0. The van der Waals surface area contributed by atoms with Gasteiger partial charge in [-0.2, -0.15) is 0 Å². The Morgan fingerprint density at radius 3 is 2.28 bits per heavy atom. The van der Waals surface area contributed by atoms with Crippen LogP contribution in [0.4, 0.5) is 0 Å². The molecule has 3 heteroatoms. The van der Waals surface area contributed by atoms with Gasteiger partial charge in [0, 0.05) is 5.39 Å². The average molecular weight is 330 g/mol. The molecular formula is C22H18O3. The molecule has 0 bridgehead atoms. The number of phenolic OH excluding ortho intramolecular Hbond substituents is 1. The summed E-state index contributed by atoms with van der Waals surface area (Å²) >= 11 is 0. The van der Waals surface area contributed by atoms with Crippen molar-refractivity contribution in [3.8, 4) is 28.4 Å². The summed E-state index contributed by atoms with van der Waals surface area (Å²) in [7, 11) is 3.32. The standard InChI is InChI=1S/C22H18O3/c1-24-20-8-4-6-17-16(11-12-21(25-2)22(17)20)15-10-9-14-5-3-7-19(23)18(14)13-15/h3-13,23H,1-2H3. The minimum atomic E-state index is 0.287. The second kappa shape index (κ2) is 6.02. The van der Waals surface area contributed by atoms with E-state index in [-0.39, 0.29) is 5.75 Å². The highest BCUT2D eigenvalue weighted by molar-refractivity contribution is 6.05. The number of hydrogen-bond donors (Lipinski definition) is 1. The SMILES string of the molecule is COc1cccc2c(-c3ccc4cccc(O)c4c3)ccc(OC)c12. The zero-order valence-corrected chi connectivity index (χ0v) is 14.1. The Morgan fingerprint density at radius 2 is 1.48 bits per heavy atom. The van der Waals surface area contributed by atoms with Crippen LogP contribution in [0, 0.1) is 0 Å². The van der Waals surface area contributed by atoms with Crippen molar-refractivity contribution in [2.45, 2.75) is 0 Å². The van der Waals surface area contributed by atoms with E-state index in [1.54, 1.807) is 20.3 Å². The summed E-state index contributed by atoms with van der Waals surface area (Å²) in [6.07, 6.45) is 0. The van der Waals surface area contributed by atoms with Crippen LogP contribution in [-0.4, -0.2) is 19.3 Å². The van der Waals surface area contributed by atoms with Gasteiger partial charge >= 0.3 is 0 Å². The van der Waals surface area contributed by atoms with Gasteiger partial charge < -0.3 is 14.6 Å². The van der Waals surface area contributed by atoms with Crippen LogP contribution in [0.3, 0.4) is 0 Å². The second-order valence-corrected chi connectivity index (χ2v) is 5.91. The lowest BCUT2D eigenvalue weighted by Gasteiger charge is -2.14. The Hall–Kier alpha value is -3.20. The molecule has 0 fully saturated rings. The molecule has 1 N–H and O–H groups in total. The Kier molecular flexibility index (Phi) is 3.69. The molecule has 0 spiro atoms. The fourth-order valence-corrected chi connectivity index (χ4v) is 3.36. The third kappa shape index (κ3) is 2.45. The summed E-state index contributed by atoms with van der Waals surface area (Å²) in [4.78, 5) is 0. The van der Waals surface area contributed by atoms with Crippen LogP contribution < -0.4 is 9.47 Å².